The Morgan fingerprint density at radius 2 is 1.79 bits per heavy atom. The molecule has 2 aromatic heterocycles. The van der Waals surface area contributed by atoms with Crippen LogP contribution in [0.3, 0.4) is 0 Å². The van der Waals surface area contributed by atoms with Crippen molar-refractivity contribution in [2.45, 2.75) is 20.0 Å². The Bertz CT molecular complexity index is 1060. The van der Waals surface area contributed by atoms with Crippen LogP contribution in [0.1, 0.15) is 21.6 Å². The van der Waals surface area contributed by atoms with Gasteiger partial charge in [0.2, 0.25) is 5.91 Å². The molecule has 7 nitrogen and oxygen atoms in total. The number of halogens is 3. The van der Waals surface area contributed by atoms with Crippen LogP contribution in [0.4, 0.5) is 13.2 Å². The quantitative estimate of drug-likeness (QED) is 0.679. The number of rotatable bonds is 5. The van der Waals surface area contributed by atoms with Gasteiger partial charge in [0.1, 0.15) is 6.54 Å². The molecule has 0 aliphatic rings. The number of aryl methyl sites for hydroxylation is 2. The second kappa shape index (κ2) is 7.90. The van der Waals surface area contributed by atoms with Gasteiger partial charge in [0.25, 0.3) is 11.6 Å². The number of amides is 2. The highest BCUT2D eigenvalue weighted by molar-refractivity contribution is 6.07. The lowest BCUT2D eigenvalue weighted by molar-refractivity contribution is -0.137. The number of hydrogen-bond donors (Lipinski definition) is 2. The van der Waals surface area contributed by atoms with E-state index in [1.54, 1.807) is 12.2 Å². The molecule has 3 rings (SSSR count). The number of benzene rings is 1. The van der Waals surface area contributed by atoms with E-state index in [9.17, 15) is 22.8 Å². The summed E-state index contributed by atoms with van der Waals surface area (Å²) in [7, 11) is 0. The normalized spacial score (nSPS) is 11.5. The Labute approximate surface area is 163 Å². The molecular weight excluding hydrogens is 389 g/mol. The van der Waals surface area contributed by atoms with Crippen molar-refractivity contribution in [2.75, 3.05) is 13.1 Å². The highest BCUT2D eigenvalue weighted by Crippen LogP contribution is 2.27. The molecule has 2 heterocycles. The molecule has 3 aromatic rings. The van der Waals surface area contributed by atoms with Crippen LogP contribution in [-0.2, 0) is 4.79 Å². The molecule has 0 fully saturated rings. The van der Waals surface area contributed by atoms with Crippen LogP contribution in [0.25, 0.3) is 22.4 Å². The second-order valence-corrected chi connectivity index (χ2v) is 6.44. The molecule has 0 atom stereocenters. The van der Waals surface area contributed by atoms with E-state index in [1.165, 1.54) is 6.07 Å². The van der Waals surface area contributed by atoms with Gasteiger partial charge < -0.3 is 15.2 Å². The summed E-state index contributed by atoms with van der Waals surface area (Å²) in [4.78, 5) is 28.6. The lowest BCUT2D eigenvalue weighted by Gasteiger charge is -2.10. The van der Waals surface area contributed by atoms with Crippen molar-refractivity contribution in [3.63, 3.8) is 0 Å². The summed E-state index contributed by atoms with van der Waals surface area (Å²) in [6.07, 6.45) is -4.53. The molecule has 2 amide bonds. The monoisotopic (exact) mass is 406 g/mol. The number of fused-ring (bicyclic) bond motifs is 1. The van der Waals surface area contributed by atoms with Crippen LogP contribution < -0.4 is 10.6 Å². The Morgan fingerprint density at radius 3 is 2.45 bits per heavy atom. The fourth-order valence-corrected chi connectivity index (χ4v) is 2.66. The van der Waals surface area contributed by atoms with Crippen LogP contribution in [-0.4, -0.2) is 41.2 Å². The number of pyridine rings is 1. The predicted molar refractivity (Wildman–Crippen MR) is 98.1 cm³/mol. The smallest absolute Gasteiger partial charge is 0.345 e. The van der Waals surface area contributed by atoms with Gasteiger partial charge in [0.05, 0.1) is 28.9 Å². The van der Waals surface area contributed by atoms with E-state index in [2.05, 4.69) is 15.5 Å². The molecule has 10 heteroatoms. The van der Waals surface area contributed by atoms with Crippen molar-refractivity contribution in [2.24, 2.45) is 0 Å². The molecule has 0 spiro atoms. The largest absolute Gasteiger partial charge is 0.405 e. The lowest BCUT2D eigenvalue weighted by Crippen LogP contribution is -2.40. The van der Waals surface area contributed by atoms with Gasteiger partial charge in [0.15, 0.2) is 0 Å². The number of nitrogens with zero attached hydrogens (tertiary/aromatic N) is 2. The van der Waals surface area contributed by atoms with E-state index < -0.39 is 31.1 Å². The van der Waals surface area contributed by atoms with Crippen LogP contribution >= 0.6 is 0 Å². The summed E-state index contributed by atoms with van der Waals surface area (Å²) in [6.45, 7) is 1.49. The fourth-order valence-electron chi connectivity index (χ4n) is 2.66. The van der Waals surface area contributed by atoms with Crippen molar-refractivity contribution in [3.8, 4) is 11.3 Å². The minimum absolute atomic E-state index is 0.146. The number of alkyl halides is 3. The Balaban J connectivity index is 1.85. The van der Waals surface area contributed by atoms with Crippen molar-refractivity contribution >= 4 is 22.9 Å². The predicted octanol–water partition coefficient (Wildman–Crippen LogP) is 2.91. The van der Waals surface area contributed by atoms with Gasteiger partial charge in [-0.15, -0.1) is 0 Å². The maximum absolute atomic E-state index is 12.6. The van der Waals surface area contributed by atoms with E-state index in [0.29, 0.717) is 16.8 Å². The van der Waals surface area contributed by atoms with Crippen LogP contribution in [0.5, 0.6) is 0 Å². The van der Waals surface area contributed by atoms with Crippen molar-refractivity contribution in [1.29, 1.82) is 0 Å². The summed E-state index contributed by atoms with van der Waals surface area (Å²) in [6, 6.07) is 8.97. The van der Waals surface area contributed by atoms with Crippen molar-refractivity contribution < 1.29 is 27.3 Å². The molecule has 0 aliphatic heterocycles. The zero-order chi connectivity index (χ0) is 21.2. The first-order valence-corrected chi connectivity index (χ1v) is 8.60. The van der Waals surface area contributed by atoms with Gasteiger partial charge in [-0.25, -0.2) is 4.98 Å². The SMILES string of the molecule is Cc1ccc(-c2cc(C(=O)NCC(=O)NCC(F)(F)F)c3c(C)noc3n2)cc1. The Kier molecular flexibility index (Phi) is 5.53. The molecule has 2 N–H and O–H groups in total. The van der Waals surface area contributed by atoms with Gasteiger partial charge in [-0.3, -0.25) is 9.59 Å². The summed E-state index contributed by atoms with van der Waals surface area (Å²) in [5.41, 5.74) is 2.98. The summed E-state index contributed by atoms with van der Waals surface area (Å²) in [5.74, 6) is -1.61. The molecule has 152 valence electrons. The highest BCUT2D eigenvalue weighted by Gasteiger charge is 2.27. The molecule has 0 saturated heterocycles. The van der Waals surface area contributed by atoms with Crippen LogP contribution in [0, 0.1) is 13.8 Å². The number of carbonyl (C=O) groups is 2. The topological polar surface area (TPSA) is 97.1 Å². The maximum atomic E-state index is 12.6. The third-order valence-electron chi connectivity index (χ3n) is 4.10. The number of nitrogens with one attached hydrogen (secondary N) is 2. The minimum Gasteiger partial charge on any atom is -0.345 e. The van der Waals surface area contributed by atoms with Gasteiger partial charge in [-0.1, -0.05) is 35.0 Å². The van der Waals surface area contributed by atoms with E-state index in [1.807, 2.05) is 31.2 Å². The zero-order valence-electron chi connectivity index (χ0n) is 15.6. The Hall–Kier alpha value is -3.43. The molecule has 0 unspecified atom stereocenters. The average Bonchev–Trinajstić information content (AvgIpc) is 3.04. The van der Waals surface area contributed by atoms with Crippen molar-refractivity contribution in [1.82, 2.24) is 20.8 Å². The van der Waals surface area contributed by atoms with E-state index in [0.717, 1.165) is 11.1 Å². The van der Waals surface area contributed by atoms with E-state index in [4.69, 9.17) is 4.52 Å². The summed E-state index contributed by atoms with van der Waals surface area (Å²) >= 11 is 0. The number of hydrogen-bond acceptors (Lipinski definition) is 5. The standard InChI is InChI=1S/C19H17F3N4O3/c1-10-3-5-12(6-4-10)14-7-13(16-11(2)26-29-18(16)25-14)17(28)23-8-15(27)24-9-19(20,21)22/h3-7H,8-9H2,1-2H3,(H,23,28)(H,24,27). The van der Waals surface area contributed by atoms with Crippen LogP contribution in [0.2, 0.25) is 0 Å². The molecular formula is C19H17F3N4O3. The van der Waals surface area contributed by atoms with Gasteiger partial charge >= 0.3 is 6.18 Å². The molecule has 0 bridgehead atoms. The molecule has 1 aromatic carbocycles. The molecule has 0 aliphatic carbocycles. The second-order valence-electron chi connectivity index (χ2n) is 6.44. The third kappa shape index (κ3) is 4.89. The first-order chi connectivity index (χ1) is 13.6. The van der Waals surface area contributed by atoms with Gasteiger partial charge in [-0.2, -0.15) is 13.2 Å². The minimum atomic E-state index is -4.53. The summed E-state index contributed by atoms with van der Waals surface area (Å²) in [5, 5.41) is 8.20. The van der Waals surface area contributed by atoms with E-state index >= 15 is 0 Å². The first-order valence-electron chi connectivity index (χ1n) is 8.60. The fraction of sp³-hybridized carbons (Fsp3) is 0.263. The molecule has 0 radical (unpaired) electrons. The number of aromatic nitrogens is 2. The van der Waals surface area contributed by atoms with Crippen LogP contribution in [0.15, 0.2) is 34.9 Å². The van der Waals surface area contributed by atoms with Gasteiger partial charge in [-0.05, 0) is 19.9 Å². The van der Waals surface area contributed by atoms with Gasteiger partial charge in [0, 0.05) is 5.56 Å². The highest BCUT2D eigenvalue weighted by atomic mass is 19.4. The maximum Gasteiger partial charge on any atom is 0.405 e. The summed E-state index contributed by atoms with van der Waals surface area (Å²) < 4.78 is 41.7. The number of carbonyl (C=O) groups excluding carboxylic acids is 2. The third-order valence-corrected chi connectivity index (χ3v) is 4.10. The Morgan fingerprint density at radius 1 is 1.10 bits per heavy atom. The molecule has 0 saturated carbocycles. The van der Waals surface area contributed by atoms with E-state index in [-0.39, 0.29) is 11.3 Å². The average molecular weight is 406 g/mol. The van der Waals surface area contributed by atoms with Crippen molar-refractivity contribution in [3.05, 3.63) is 47.2 Å². The molecule has 29 heavy (non-hydrogen) atoms. The first kappa shape index (κ1) is 20.3. The zero-order valence-corrected chi connectivity index (χ0v) is 15.6. The lowest BCUT2D eigenvalue weighted by atomic mass is 10.0.